The van der Waals surface area contributed by atoms with E-state index >= 15 is 0 Å². The van der Waals surface area contributed by atoms with Gasteiger partial charge in [-0.3, -0.25) is 0 Å². The summed E-state index contributed by atoms with van der Waals surface area (Å²) in [5, 5.41) is 3.08. The fraction of sp³-hybridized carbons (Fsp3) is 0.444. The second-order valence-corrected chi connectivity index (χ2v) is 3.25. The Labute approximate surface area is 71.8 Å². The quantitative estimate of drug-likeness (QED) is 0.635. The van der Waals surface area contributed by atoms with Gasteiger partial charge in [0.05, 0.1) is 0 Å². The third kappa shape index (κ3) is 1.02. The molecule has 0 amide bonds. The molecule has 2 aliphatic heterocycles. The van der Waals surface area contributed by atoms with Crippen LogP contribution in [0.1, 0.15) is 13.8 Å². The molecule has 0 aromatic rings. The monoisotopic (exact) mass is 164 g/mol. The van der Waals surface area contributed by atoms with E-state index in [4.69, 9.17) is 4.74 Å². The van der Waals surface area contributed by atoms with Gasteiger partial charge < -0.3 is 10.1 Å². The van der Waals surface area contributed by atoms with Crippen LogP contribution in [0.3, 0.4) is 0 Å². The fourth-order valence-electron chi connectivity index (χ4n) is 1.42. The van der Waals surface area contributed by atoms with E-state index < -0.39 is 0 Å². The summed E-state index contributed by atoms with van der Waals surface area (Å²) < 4.78 is 5.23. The summed E-state index contributed by atoms with van der Waals surface area (Å²) in [5.74, 6) is 0.500. The summed E-state index contributed by atoms with van der Waals surface area (Å²) in [7, 11) is 0. The number of nitrogens with one attached hydrogen (secondary N) is 1. The summed E-state index contributed by atoms with van der Waals surface area (Å²) in [6.07, 6.45) is 5.43. The van der Waals surface area contributed by atoms with Gasteiger partial charge in [-0.25, -0.2) is 4.99 Å². The molecule has 1 atom stereocenters. The van der Waals surface area contributed by atoms with Gasteiger partial charge >= 0.3 is 0 Å². The number of rotatable bonds is 1. The largest absolute Gasteiger partial charge is 0.454 e. The lowest BCUT2D eigenvalue weighted by Crippen LogP contribution is -2.29. The molecule has 12 heavy (non-hydrogen) atoms. The molecule has 0 radical (unpaired) electrons. The number of aliphatic imine (C=N–C) groups is 1. The molecule has 64 valence electrons. The minimum atomic E-state index is -0.0487. The summed E-state index contributed by atoms with van der Waals surface area (Å²) in [5.41, 5.74) is 2.28. The summed E-state index contributed by atoms with van der Waals surface area (Å²) >= 11 is 0. The van der Waals surface area contributed by atoms with Crippen LogP contribution in [-0.4, -0.2) is 12.6 Å². The first-order chi connectivity index (χ1) is 5.79. The van der Waals surface area contributed by atoms with E-state index in [0.29, 0.717) is 5.92 Å². The lowest BCUT2D eigenvalue weighted by molar-refractivity contribution is 0.229. The Morgan fingerprint density at radius 1 is 1.58 bits per heavy atom. The molecule has 0 saturated heterocycles. The van der Waals surface area contributed by atoms with Crippen molar-refractivity contribution < 1.29 is 4.74 Å². The number of nitrogens with zero attached hydrogens (tertiary/aromatic N) is 1. The zero-order valence-electron chi connectivity index (χ0n) is 7.24. The van der Waals surface area contributed by atoms with Crippen LogP contribution >= 0.6 is 0 Å². The number of ether oxygens (including phenoxy) is 1. The number of hydrogen-bond donors (Lipinski definition) is 1. The number of hydrogen-bond acceptors (Lipinski definition) is 3. The Hall–Kier alpha value is -1.25. The van der Waals surface area contributed by atoms with Gasteiger partial charge in [-0.1, -0.05) is 13.8 Å². The Balaban J connectivity index is 2.38. The standard InChI is InChI=1S/C9H12N2O/c1-6(2)7-3-4-10-9-8(7)11-5-12-9/h3-6,9-10H,1-2H3. The van der Waals surface area contributed by atoms with Crippen LogP contribution in [0.4, 0.5) is 0 Å². The van der Waals surface area contributed by atoms with E-state index in [9.17, 15) is 0 Å². The van der Waals surface area contributed by atoms with Gasteiger partial charge in [0, 0.05) is 6.20 Å². The first-order valence-corrected chi connectivity index (χ1v) is 4.13. The fourth-order valence-corrected chi connectivity index (χ4v) is 1.42. The van der Waals surface area contributed by atoms with Crippen LogP contribution in [0.2, 0.25) is 0 Å². The molecule has 0 bridgehead atoms. The van der Waals surface area contributed by atoms with E-state index in [1.807, 2.05) is 6.20 Å². The van der Waals surface area contributed by atoms with E-state index in [1.165, 1.54) is 12.0 Å². The van der Waals surface area contributed by atoms with Crippen LogP contribution in [-0.2, 0) is 4.74 Å². The zero-order valence-corrected chi connectivity index (χ0v) is 7.24. The molecule has 3 heteroatoms. The molecule has 0 aromatic heterocycles. The number of dihydropyridines is 1. The highest BCUT2D eigenvalue weighted by atomic mass is 16.5. The highest BCUT2D eigenvalue weighted by Crippen LogP contribution is 2.25. The number of fused-ring (bicyclic) bond motifs is 1. The first-order valence-electron chi connectivity index (χ1n) is 4.13. The van der Waals surface area contributed by atoms with Crippen LogP contribution in [0.25, 0.3) is 0 Å². The zero-order chi connectivity index (χ0) is 8.55. The maximum Gasteiger partial charge on any atom is 0.214 e. The van der Waals surface area contributed by atoms with Crippen molar-refractivity contribution in [2.45, 2.75) is 20.1 Å². The maximum absolute atomic E-state index is 5.23. The number of allylic oxidation sites excluding steroid dienone is 2. The van der Waals surface area contributed by atoms with Gasteiger partial charge in [-0.2, -0.15) is 0 Å². The van der Waals surface area contributed by atoms with Crippen molar-refractivity contribution in [3.63, 3.8) is 0 Å². The molecular formula is C9H12N2O. The Morgan fingerprint density at radius 3 is 3.17 bits per heavy atom. The third-order valence-corrected chi connectivity index (χ3v) is 2.07. The molecule has 3 nitrogen and oxygen atoms in total. The van der Waals surface area contributed by atoms with Gasteiger partial charge in [0.1, 0.15) is 5.70 Å². The molecule has 0 spiro atoms. The normalized spacial score (nSPS) is 25.8. The van der Waals surface area contributed by atoms with Crippen LogP contribution in [0.5, 0.6) is 0 Å². The molecule has 0 aromatic carbocycles. The molecule has 2 heterocycles. The van der Waals surface area contributed by atoms with Gasteiger partial charge in [0.15, 0.2) is 6.40 Å². The van der Waals surface area contributed by atoms with Crippen molar-refractivity contribution >= 4 is 6.40 Å². The van der Waals surface area contributed by atoms with E-state index in [0.717, 1.165) is 5.70 Å². The van der Waals surface area contributed by atoms with Gasteiger partial charge in [0.25, 0.3) is 0 Å². The average Bonchev–Trinajstić information content (AvgIpc) is 2.49. The topological polar surface area (TPSA) is 33.6 Å². The van der Waals surface area contributed by atoms with Crippen LogP contribution in [0, 0.1) is 5.92 Å². The van der Waals surface area contributed by atoms with Crippen molar-refractivity contribution in [2.24, 2.45) is 10.9 Å². The predicted molar refractivity (Wildman–Crippen MR) is 47.5 cm³/mol. The lowest BCUT2D eigenvalue weighted by Gasteiger charge is -2.19. The maximum atomic E-state index is 5.23. The third-order valence-electron chi connectivity index (χ3n) is 2.07. The van der Waals surface area contributed by atoms with E-state index in [1.54, 1.807) is 0 Å². The van der Waals surface area contributed by atoms with Crippen molar-refractivity contribution in [3.8, 4) is 0 Å². The predicted octanol–water partition coefficient (Wildman–Crippen LogP) is 1.40. The second-order valence-electron chi connectivity index (χ2n) is 3.25. The first kappa shape index (κ1) is 7.40. The summed E-state index contributed by atoms with van der Waals surface area (Å²) in [6, 6.07) is 0. The Kier molecular flexibility index (Phi) is 1.64. The molecule has 2 aliphatic rings. The van der Waals surface area contributed by atoms with Crippen molar-refractivity contribution in [1.29, 1.82) is 0 Å². The van der Waals surface area contributed by atoms with Crippen LogP contribution < -0.4 is 5.32 Å². The summed E-state index contributed by atoms with van der Waals surface area (Å²) in [6.45, 7) is 4.31. The molecule has 0 saturated carbocycles. The van der Waals surface area contributed by atoms with Gasteiger partial charge in [-0.05, 0) is 17.6 Å². The van der Waals surface area contributed by atoms with E-state index in [2.05, 4.69) is 30.2 Å². The van der Waals surface area contributed by atoms with Crippen molar-refractivity contribution in [1.82, 2.24) is 5.32 Å². The molecule has 0 aliphatic carbocycles. The smallest absolute Gasteiger partial charge is 0.214 e. The second kappa shape index (κ2) is 2.66. The highest BCUT2D eigenvalue weighted by Gasteiger charge is 2.24. The molecular weight excluding hydrogens is 152 g/mol. The molecule has 1 unspecified atom stereocenters. The Morgan fingerprint density at radius 2 is 2.42 bits per heavy atom. The van der Waals surface area contributed by atoms with E-state index in [-0.39, 0.29) is 6.23 Å². The molecule has 2 rings (SSSR count). The highest BCUT2D eigenvalue weighted by molar-refractivity contribution is 5.56. The van der Waals surface area contributed by atoms with Gasteiger partial charge in [-0.15, -0.1) is 0 Å². The average molecular weight is 164 g/mol. The minimum Gasteiger partial charge on any atom is -0.454 e. The van der Waals surface area contributed by atoms with Gasteiger partial charge in [0.2, 0.25) is 6.23 Å². The van der Waals surface area contributed by atoms with Crippen LogP contribution in [0.15, 0.2) is 28.5 Å². The van der Waals surface area contributed by atoms with Crippen molar-refractivity contribution in [2.75, 3.05) is 0 Å². The SMILES string of the molecule is CC(C)C1=C2N=COC2NC=C1. The summed E-state index contributed by atoms with van der Waals surface area (Å²) in [4.78, 5) is 4.18. The molecule has 0 fully saturated rings. The lowest BCUT2D eigenvalue weighted by atomic mass is 9.99. The molecule has 1 N–H and O–H groups in total. The Bertz CT molecular complexity index is 276. The minimum absolute atomic E-state index is 0.0487. The van der Waals surface area contributed by atoms with Crippen molar-refractivity contribution in [3.05, 3.63) is 23.5 Å².